The molecule has 0 radical (unpaired) electrons. The molecule has 3 aliphatic rings. The first kappa shape index (κ1) is 26.6. The number of nitrogens with zero attached hydrogens (tertiary/aromatic N) is 1. The topological polar surface area (TPSA) is 66.5 Å². The van der Waals surface area contributed by atoms with E-state index in [1.54, 1.807) is 0 Å². The standard InChI is InChI=1S/C36H32N2O3S/c1-2-3-4-10-23-16-18-25(19-17-23)33(39)31-32(34(40)29-15-9-22-42-29)38-28-14-8-5-11-24(28)20-21-30(38)36(31)26-12-6-7-13-27(26)37-35(36)41/h5-9,11-22,30-32H,2-4,10H2,1H3,(H,37,41)/t30-,31+,32+,36+/m1/s1. The molecule has 6 heteroatoms. The maximum Gasteiger partial charge on any atom is 0.238 e. The van der Waals surface area contributed by atoms with Gasteiger partial charge in [0, 0.05) is 16.9 Å². The Bertz CT molecular complexity index is 1710. The molecule has 1 spiro atoms. The minimum absolute atomic E-state index is 0.135. The van der Waals surface area contributed by atoms with Crippen molar-refractivity contribution in [2.24, 2.45) is 5.92 Å². The molecule has 1 saturated heterocycles. The van der Waals surface area contributed by atoms with Gasteiger partial charge in [0.2, 0.25) is 5.91 Å². The second-order valence-electron chi connectivity index (χ2n) is 11.4. The number of rotatable bonds is 8. The van der Waals surface area contributed by atoms with Crippen LogP contribution in [-0.4, -0.2) is 29.6 Å². The zero-order valence-corrected chi connectivity index (χ0v) is 24.3. The number of fused-ring (bicyclic) bond motifs is 6. The maximum absolute atomic E-state index is 14.9. The number of hydrogen-bond acceptors (Lipinski definition) is 5. The zero-order chi connectivity index (χ0) is 28.8. The monoisotopic (exact) mass is 572 g/mol. The SMILES string of the molecule is CCCCCc1ccc(C(=O)[C@@H]2[C@@H](C(=O)c3cccs3)N3c4ccccc4C=C[C@@H]3[C@]23C(=O)Nc2ccccc23)cc1. The number of carbonyl (C=O) groups excluding carboxylic acids is 3. The molecule has 5 nitrogen and oxygen atoms in total. The summed E-state index contributed by atoms with van der Waals surface area (Å²) in [6.45, 7) is 2.19. The Kier molecular flexibility index (Phi) is 6.66. The molecule has 1 N–H and O–H groups in total. The Labute approximate surface area is 249 Å². The third kappa shape index (κ3) is 3.92. The van der Waals surface area contributed by atoms with E-state index in [2.05, 4.69) is 17.1 Å². The van der Waals surface area contributed by atoms with Crippen LogP contribution in [-0.2, 0) is 16.6 Å². The fraction of sp³-hybridized carbons (Fsp3) is 0.250. The second kappa shape index (κ2) is 10.5. The molecule has 42 heavy (non-hydrogen) atoms. The van der Waals surface area contributed by atoms with Crippen molar-refractivity contribution in [2.45, 2.75) is 50.1 Å². The summed E-state index contributed by atoms with van der Waals surface area (Å²) >= 11 is 1.37. The third-order valence-electron chi connectivity index (χ3n) is 9.16. The van der Waals surface area contributed by atoms with Crippen molar-refractivity contribution in [1.82, 2.24) is 0 Å². The van der Waals surface area contributed by atoms with Crippen LogP contribution in [0.3, 0.4) is 0 Å². The lowest BCUT2D eigenvalue weighted by atomic mass is 9.64. The summed E-state index contributed by atoms with van der Waals surface area (Å²) in [7, 11) is 0. The fourth-order valence-corrected chi connectivity index (χ4v) is 7.98. The first-order valence-electron chi connectivity index (χ1n) is 14.7. The summed E-state index contributed by atoms with van der Waals surface area (Å²) in [6, 6.07) is 25.6. The zero-order valence-electron chi connectivity index (χ0n) is 23.5. The van der Waals surface area contributed by atoms with Gasteiger partial charge in [-0.05, 0) is 53.1 Å². The van der Waals surface area contributed by atoms with Gasteiger partial charge >= 0.3 is 0 Å². The van der Waals surface area contributed by atoms with Crippen molar-refractivity contribution < 1.29 is 14.4 Å². The van der Waals surface area contributed by atoms with Gasteiger partial charge in [0.25, 0.3) is 0 Å². The summed E-state index contributed by atoms with van der Waals surface area (Å²) < 4.78 is 0. The van der Waals surface area contributed by atoms with Crippen molar-refractivity contribution in [3.05, 3.63) is 124 Å². The summed E-state index contributed by atoms with van der Waals surface area (Å²) in [4.78, 5) is 46.5. The van der Waals surface area contributed by atoms with Crippen LogP contribution in [0.15, 0.2) is 96.4 Å². The molecule has 4 aromatic rings. The van der Waals surface area contributed by atoms with Gasteiger partial charge in [0.15, 0.2) is 11.6 Å². The lowest BCUT2D eigenvalue weighted by Crippen LogP contribution is -2.51. The summed E-state index contributed by atoms with van der Waals surface area (Å²) in [5.74, 6) is -1.50. The third-order valence-corrected chi connectivity index (χ3v) is 10.0. The van der Waals surface area contributed by atoms with Crippen molar-refractivity contribution in [1.29, 1.82) is 0 Å². The van der Waals surface area contributed by atoms with Gasteiger partial charge in [-0.2, -0.15) is 0 Å². The van der Waals surface area contributed by atoms with E-state index >= 15 is 0 Å². The molecular formula is C36H32N2O3S. The van der Waals surface area contributed by atoms with Crippen LogP contribution in [0, 0.1) is 5.92 Å². The van der Waals surface area contributed by atoms with E-state index in [9.17, 15) is 14.4 Å². The molecule has 0 bridgehead atoms. The number of aryl methyl sites for hydroxylation is 1. The molecule has 1 fully saturated rings. The first-order valence-corrected chi connectivity index (χ1v) is 15.6. The molecule has 3 aliphatic heterocycles. The largest absolute Gasteiger partial charge is 0.352 e. The molecule has 0 saturated carbocycles. The number of unbranched alkanes of at least 4 members (excludes halogenated alkanes) is 2. The summed E-state index contributed by atoms with van der Waals surface area (Å²) in [5.41, 5.74) is 3.72. The van der Waals surface area contributed by atoms with Gasteiger partial charge in [0.05, 0.1) is 16.8 Å². The highest BCUT2D eigenvalue weighted by Crippen LogP contribution is 2.58. The molecule has 4 heterocycles. The number of carbonyl (C=O) groups is 3. The molecule has 7 rings (SSSR count). The van der Waals surface area contributed by atoms with E-state index in [0.717, 1.165) is 36.1 Å². The number of Topliss-reactive ketones (excluding diaryl/α,β-unsaturated/α-hetero) is 2. The highest BCUT2D eigenvalue weighted by molar-refractivity contribution is 7.12. The van der Waals surface area contributed by atoms with Crippen LogP contribution < -0.4 is 10.2 Å². The number of thiophene rings is 1. The number of amides is 1. The average Bonchev–Trinajstić information content (AvgIpc) is 3.74. The molecular weight excluding hydrogens is 540 g/mol. The molecule has 210 valence electrons. The van der Waals surface area contributed by atoms with Crippen LogP contribution in [0.5, 0.6) is 0 Å². The van der Waals surface area contributed by atoms with E-state index in [1.165, 1.54) is 23.3 Å². The van der Waals surface area contributed by atoms with Gasteiger partial charge in [-0.25, -0.2) is 0 Å². The van der Waals surface area contributed by atoms with Gasteiger partial charge in [0.1, 0.15) is 11.5 Å². The smallest absolute Gasteiger partial charge is 0.238 e. The summed E-state index contributed by atoms with van der Waals surface area (Å²) in [5, 5.41) is 4.98. The Balaban J connectivity index is 1.43. The fourth-order valence-electron chi connectivity index (χ4n) is 7.28. The number of hydrogen-bond donors (Lipinski definition) is 1. The Morgan fingerprint density at radius 2 is 1.69 bits per heavy atom. The van der Waals surface area contributed by atoms with Gasteiger partial charge < -0.3 is 10.2 Å². The Morgan fingerprint density at radius 3 is 2.48 bits per heavy atom. The number of nitrogens with one attached hydrogen (secondary N) is 1. The van der Waals surface area contributed by atoms with Gasteiger partial charge in [-0.3, -0.25) is 14.4 Å². The van der Waals surface area contributed by atoms with E-state index in [1.807, 2.05) is 102 Å². The van der Waals surface area contributed by atoms with E-state index in [4.69, 9.17) is 0 Å². The number of ketones is 2. The minimum Gasteiger partial charge on any atom is -0.352 e. The molecule has 0 unspecified atom stereocenters. The minimum atomic E-state index is -1.28. The van der Waals surface area contributed by atoms with Crippen LogP contribution in [0.25, 0.3) is 6.08 Å². The number of anilines is 2. The Morgan fingerprint density at radius 1 is 0.905 bits per heavy atom. The molecule has 3 aromatic carbocycles. The van der Waals surface area contributed by atoms with Crippen molar-refractivity contribution >= 4 is 46.3 Å². The predicted octanol–water partition coefficient (Wildman–Crippen LogP) is 7.34. The van der Waals surface area contributed by atoms with Crippen LogP contribution in [0.2, 0.25) is 0 Å². The number of para-hydroxylation sites is 2. The maximum atomic E-state index is 14.9. The Hall–Kier alpha value is -4.29. The van der Waals surface area contributed by atoms with E-state index in [0.29, 0.717) is 16.1 Å². The quantitative estimate of drug-likeness (QED) is 0.177. The highest BCUT2D eigenvalue weighted by atomic mass is 32.1. The van der Waals surface area contributed by atoms with Crippen molar-refractivity contribution in [2.75, 3.05) is 10.2 Å². The van der Waals surface area contributed by atoms with Crippen LogP contribution in [0.4, 0.5) is 11.4 Å². The molecule has 4 atom stereocenters. The van der Waals surface area contributed by atoms with Crippen molar-refractivity contribution in [3.8, 4) is 0 Å². The van der Waals surface area contributed by atoms with E-state index in [-0.39, 0.29) is 17.5 Å². The van der Waals surface area contributed by atoms with Crippen molar-refractivity contribution in [3.63, 3.8) is 0 Å². The van der Waals surface area contributed by atoms with Gasteiger partial charge in [-0.15, -0.1) is 11.3 Å². The highest BCUT2D eigenvalue weighted by Gasteiger charge is 2.70. The normalized spacial score (nSPS) is 23.4. The molecule has 1 amide bonds. The predicted molar refractivity (Wildman–Crippen MR) is 168 cm³/mol. The summed E-state index contributed by atoms with van der Waals surface area (Å²) in [6.07, 6.45) is 8.42. The van der Waals surface area contributed by atoms with Crippen LogP contribution in [0.1, 0.15) is 62.9 Å². The second-order valence-corrected chi connectivity index (χ2v) is 12.4. The van der Waals surface area contributed by atoms with Gasteiger partial charge in [-0.1, -0.05) is 98.6 Å². The molecule has 1 aromatic heterocycles. The molecule has 0 aliphatic carbocycles. The number of benzene rings is 3. The van der Waals surface area contributed by atoms with Crippen LogP contribution >= 0.6 is 11.3 Å². The lowest BCUT2D eigenvalue weighted by molar-refractivity contribution is -0.121. The first-order chi connectivity index (χ1) is 20.6. The average molecular weight is 573 g/mol. The lowest BCUT2D eigenvalue weighted by Gasteiger charge is -2.37. The van der Waals surface area contributed by atoms with E-state index < -0.39 is 23.4 Å².